The number of aromatic nitrogens is 3. The van der Waals surface area contributed by atoms with E-state index in [9.17, 15) is 10.1 Å². The zero-order valence-electron chi connectivity index (χ0n) is 14.8. The molecule has 2 heterocycles. The lowest BCUT2D eigenvalue weighted by molar-refractivity contribution is -0.384. The number of halogens is 1. The number of nitrogens with one attached hydrogen (secondary N) is 2. The number of nitrogens with two attached hydrogens (primary N) is 1. The standard InChI is InChI=1S/C17H22ClN7O2/c18-15-12(2-1-7-20-15)9-22-17-23-10-14(25(26)27)16(24-17)21-8-11-3-5-13(19)6-4-11/h1-2,7,10-11,13H,3-6,8-9,19H2,(H2,21,22,23,24). The summed E-state index contributed by atoms with van der Waals surface area (Å²) in [6, 6.07) is 3.88. The molecule has 0 aliphatic heterocycles. The molecule has 3 rings (SSSR count). The molecule has 1 aliphatic rings. The van der Waals surface area contributed by atoms with Crippen LogP contribution in [0.1, 0.15) is 31.2 Å². The number of nitro groups is 1. The summed E-state index contributed by atoms with van der Waals surface area (Å²) in [5, 5.41) is 17.8. The molecule has 144 valence electrons. The second-order valence-electron chi connectivity index (χ2n) is 6.65. The van der Waals surface area contributed by atoms with Crippen LogP contribution in [0.3, 0.4) is 0 Å². The molecule has 27 heavy (non-hydrogen) atoms. The molecule has 0 bridgehead atoms. The van der Waals surface area contributed by atoms with E-state index in [0.717, 1.165) is 31.2 Å². The number of hydrogen-bond acceptors (Lipinski definition) is 8. The first-order valence-electron chi connectivity index (χ1n) is 8.87. The van der Waals surface area contributed by atoms with Gasteiger partial charge in [0.15, 0.2) is 0 Å². The third kappa shape index (κ3) is 5.24. The number of rotatable bonds is 7. The van der Waals surface area contributed by atoms with Crippen LogP contribution in [0.5, 0.6) is 0 Å². The summed E-state index contributed by atoms with van der Waals surface area (Å²) in [5.74, 6) is 0.934. The zero-order chi connectivity index (χ0) is 19.2. The van der Waals surface area contributed by atoms with Gasteiger partial charge < -0.3 is 16.4 Å². The van der Waals surface area contributed by atoms with Crippen molar-refractivity contribution in [2.75, 3.05) is 17.2 Å². The van der Waals surface area contributed by atoms with Gasteiger partial charge in [-0.15, -0.1) is 0 Å². The SMILES string of the molecule is NC1CCC(CNc2nc(NCc3cccnc3Cl)ncc2[N+](=O)[O-])CC1. The van der Waals surface area contributed by atoms with E-state index in [2.05, 4.69) is 25.6 Å². The first kappa shape index (κ1) is 19.2. The normalized spacial score (nSPS) is 19.5. The maximum atomic E-state index is 11.3. The van der Waals surface area contributed by atoms with Crippen LogP contribution in [-0.2, 0) is 6.54 Å². The maximum absolute atomic E-state index is 11.3. The highest BCUT2D eigenvalue weighted by molar-refractivity contribution is 6.30. The molecule has 2 aromatic heterocycles. The fraction of sp³-hybridized carbons (Fsp3) is 0.471. The van der Waals surface area contributed by atoms with Crippen LogP contribution in [0.2, 0.25) is 5.15 Å². The Morgan fingerprint density at radius 2 is 2.04 bits per heavy atom. The van der Waals surface area contributed by atoms with Crippen molar-refractivity contribution in [3.63, 3.8) is 0 Å². The summed E-state index contributed by atoms with van der Waals surface area (Å²) in [6.45, 7) is 0.989. The molecule has 0 unspecified atom stereocenters. The molecule has 0 radical (unpaired) electrons. The zero-order valence-corrected chi connectivity index (χ0v) is 15.5. The minimum absolute atomic E-state index is 0.146. The van der Waals surface area contributed by atoms with Crippen LogP contribution in [0.4, 0.5) is 17.5 Å². The van der Waals surface area contributed by atoms with Crippen molar-refractivity contribution in [3.8, 4) is 0 Å². The van der Waals surface area contributed by atoms with Gasteiger partial charge in [-0.3, -0.25) is 10.1 Å². The number of hydrogen-bond donors (Lipinski definition) is 3. The fourth-order valence-electron chi connectivity index (χ4n) is 3.08. The Bertz CT molecular complexity index is 797. The van der Waals surface area contributed by atoms with Gasteiger partial charge in [0.1, 0.15) is 11.3 Å². The molecule has 1 aliphatic carbocycles. The number of nitrogens with zero attached hydrogens (tertiary/aromatic N) is 4. The highest BCUT2D eigenvalue weighted by Gasteiger charge is 2.21. The van der Waals surface area contributed by atoms with Gasteiger partial charge in [0.05, 0.1) is 4.92 Å². The van der Waals surface area contributed by atoms with E-state index in [0.29, 0.717) is 24.2 Å². The van der Waals surface area contributed by atoms with Gasteiger partial charge in [0.2, 0.25) is 11.8 Å². The molecule has 9 nitrogen and oxygen atoms in total. The molecule has 0 amide bonds. The second-order valence-corrected chi connectivity index (χ2v) is 7.01. The highest BCUT2D eigenvalue weighted by Crippen LogP contribution is 2.26. The molecular weight excluding hydrogens is 370 g/mol. The van der Waals surface area contributed by atoms with Gasteiger partial charge in [-0.2, -0.15) is 4.98 Å². The van der Waals surface area contributed by atoms with E-state index < -0.39 is 4.92 Å². The van der Waals surface area contributed by atoms with Crippen LogP contribution < -0.4 is 16.4 Å². The Balaban J connectivity index is 1.67. The quantitative estimate of drug-likeness (QED) is 0.372. The highest BCUT2D eigenvalue weighted by atomic mass is 35.5. The Morgan fingerprint density at radius 3 is 2.74 bits per heavy atom. The second kappa shape index (κ2) is 8.92. The molecular formula is C17H22ClN7O2. The third-order valence-corrected chi connectivity index (χ3v) is 5.03. The van der Waals surface area contributed by atoms with Gasteiger partial charge in [0.25, 0.3) is 0 Å². The summed E-state index contributed by atoms with van der Waals surface area (Å²) < 4.78 is 0. The summed E-state index contributed by atoms with van der Waals surface area (Å²) in [4.78, 5) is 23.1. The van der Waals surface area contributed by atoms with Crippen LogP contribution in [0, 0.1) is 16.0 Å². The lowest BCUT2D eigenvalue weighted by Gasteiger charge is -2.26. The van der Waals surface area contributed by atoms with Gasteiger partial charge >= 0.3 is 5.69 Å². The predicted octanol–water partition coefficient (Wildman–Crippen LogP) is 2.97. The molecule has 0 spiro atoms. The van der Waals surface area contributed by atoms with E-state index in [4.69, 9.17) is 17.3 Å². The van der Waals surface area contributed by atoms with Gasteiger partial charge in [0, 0.05) is 30.9 Å². The Morgan fingerprint density at radius 1 is 1.26 bits per heavy atom. The monoisotopic (exact) mass is 391 g/mol. The van der Waals surface area contributed by atoms with Crippen LogP contribution in [0.15, 0.2) is 24.5 Å². The van der Waals surface area contributed by atoms with E-state index in [1.54, 1.807) is 12.3 Å². The van der Waals surface area contributed by atoms with Crippen molar-refractivity contribution >= 4 is 29.1 Å². The van der Waals surface area contributed by atoms with E-state index in [1.165, 1.54) is 6.20 Å². The first-order valence-corrected chi connectivity index (χ1v) is 9.25. The third-order valence-electron chi connectivity index (χ3n) is 4.69. The van der Waals surface area contributed by atoms with Gasteiger partial charge in [-0.1, -0.05) is 17.7 Å². The van der Waals surface area contributed by atoms with Crippen molar-refractivity contribution in [1.29, 1.82) is 0 Å². The van der Waals surface area contributed by atoms with Crippen molar-refractivity contribution in [2.45, 2.75) is 38.3 Å². The molecule has 0 saturated heterocycles. The minimum atomic E-state index is -0.485. The maximum Gasteiger partial charge on any atom is 0.329 e. The lowest BCUT2D eigenvalue weighted by Crippen LogP contribution is -2.29. The van der Waals surface area contributed by atoms with Gasteiger partial charge in [-0.25, -0.2) is 9.97 Å². The van der Waals surface area contributed by atoms with Crippen LogP contribution in [-0.4, -0.2) is 32.5 Å². The lowest BCUT2D eigenvalue weighted by atomic mass is 9.86. The predicted molar refractivity (Wildman–Crippen MR) is 104 cm³/mol. The number of anilines is 2. The van der Waals surface area contributed by atoms with Crippen LogP contribution in [0.25, 0.3) is 0 Å². The van der Waals surface area contributed by atoms with E-state index >= 15 is 0 Å². The van der Waals surface area contributed by atoms with E-state index in [-0.39, 0.29) is 23.5 Å². The Labute approximate surface area is 161 Å². The summed E-state index contributed by atoms with van der Waals surface area (Å²) in [6.07, 6.45) is 6.80. The van der Waals surface area contributed by atoms with Crippen molar-refractivity contribution in [1.82, 2.24) is 15.0 Å². The molecule has 4 N–H and O–H groups in total. The largest absolute Gasteiger partial charge is 0.364 e. The average molecular weight is 392 g/mol. The van der Waals surface area contributed by atoms with Crippen molar-refractivity contribution in [2.24, 2.45) is 11.7 Å². The van der Waals surface area contributed by atoms with Crippen molar-refractivity contribution < 1.29 is 4.92 Å². The Hall–Kier alpha value is -2.52. The molecule has 10 heteroatoms. The topological polar surface area (TPSA) is 132 Å². The first-order chi connectivity index (χ1) is 13.0. The smallest absolute Gasteiger partial charge is 0.329 e. The summed E-state index contributed by atoms with van der Waals surface area (Å²) in [5.41, 5.74) is 6.57. The van der Waals surface area contributed by atoms with Crippen molar-refractivity contribution in [3.05, 3.63) is 45.4 Å². The van der Waals surface area contributed by atoms with E-state index in [1.807, 2.05) is 6.07 Å². The summed E-state index contributed by atoms with van der Waals surface area (Å²) in [7, 11) is 0. The molecule has 0 atom stereocenters. The Kier molecular flexibility index (Phi) is 6.36. The molecule has 0 aromatic carbocycles. The minimum Gasteiger partial charge on any atom is -0.364 e. The summed E-state index contributed by atoms with van der Waals surface area (Å²) >= 11 is 6.03. The number of pyridine rings is 1. The average Bonchev–Trinajstić information content (AvgIpc) is 2.67. The molecule has 1 saturated carbocycles. The van der Waals surface area contributed by atoms with Gasteiger partial charge in [-0.05, 0) is 37.7 Å². The van der Waals surface area contributed by atoms with Crippen LogP contribution >= 0.6 is 11.6 Å². The molecule has 1 fully saturated rings. The fourth-order valence-corrected chi connectivity index (χ4v) is 3.27. The molecule has 2 aromatic rings.